The smallest absolute Gasteiger partial charge is 0.311 e. The third kappa shape index (κ3) is 1.98. The largest absolute Gasteiger partial charge is 0.481 e. The average molecular weight is 289 g/mol. The van der Waals surface area contributed by atoms with Crippen molar-refractivity contribution >= 4 is 33.3 Å². The molecule has 0 spiro atoms. The van der Waals surface area contributed by atoms with Gasteiger partial charge in [-0.25, -0.2) is 0 Å². The molecule has 2 heterocycles. The van der Waals surface area contributed by atoms with E-state index in [-0.39, 0.29) is 12.5 Å². The van der Waals surface area contributed by atoms with Crippen molar-refractivity contribution in [2.24, 2.45) is 5.41 Å². The Morgan fingerprint density at radius 1 is 1.35 bits per heavy atom. The molecule has 1 fully saturated rings. The van der Waals surface area contributed by atoms with Gasteiger partial charge in [0.2, 0.25) is 0 Å². The van der Waals surface area contributed by atoms with Crippen molar-refractivity contribution in [3.63, 3.8) is 0 Å². The minimum Gasteiger partial charge on any atom is -0.481 e. The molecule has 3 rings (SSSR count). The van der Waals surface area contributed by atoms with Gasteiger partial charge in [0.15, 0.2) is 0 Å². The molecular formula is C15H15NO3S. The summed E-state index contributed by atoms with van der Waals surface area (Å²) in [4.78, 5) is 25.5. The van der Waals surface area contributed by atoms with E-state index < -0.39 is 11.4 Å². The molecule has 1 aromatic carbocycles. The molecule has 104 valence electrons. The predicted octanol–water partition coefficient (Wildman–Crippen LogP) is 2.84. The Labute approximate surface area is 120 Å². The van der Waals surface area contributed by atoms with E-state index in [2.05, 4.69) is 0 Å². The number of carbonyl (C=O) groups excluding carboxylic acids is 1. The molecule has 1 N–H and O–H groups in total. The summed E-state index contributed by atoms with van der Waals surface area (Å²) in [6, 6.07) is 7.79. The molecule has 0 radical (unpaired) electrons. The number of carboxylic acid groups (broad SMARTS) is 1. The lowest BCUT2D eigenvalue weighted by Gasteiger charge is -2.20. The van der Waals surface area contributed by atoms with Crippen LogP contribution in [-0.2, 0) is 4.79 Å². The topological polar surface area (TPSA) is 57.6 Å². The molecule has 0 saturated carbocycles. The van der Waals surface area contributed by atoms with Crippen LogP contribution in [0.2, 0.25) is 0 Å². The Morgan fingerprint density at radius 2 is 2.10 bits per heavy atom. The van der Waals surface area contributed by atoms with Crippen molar-refractivity contribution in [3.05, 3.63) is 35.2 Å². The first kappa shape index (κ1) is 13.1. The molecule has 1 amide bonds. The van der Waals surface area contributed by atoms with Crippen LogP contribution in [0, 0.1) is 5.41 Å². The SMILES string of the molecule is C[C@]1(C(=O)O)CCN(C(=O)c2csc3ccccc23)C1. The lowest BCUT2D eigenvalue weighted by atomic mass is 9.90. The Kier molecular flexibility index (Phi) is 3.01. The van der Waals surface area contributed by atoms with Crippen LogP contribution >= 0.6 is 11.3 Å². The quantitative estimate of drug-likeness (QED) is 0.925. The van der Waals surface area contributed by atoms with Crippen LogP contribution < -0.4 is 0 Å². The molecule has 1 atom stereocenters. The molecular weight excluding hydrogens is 274 g/mol. The van der Waals surface area contributed by atoms with E-state index in [1.165, 1.54) is 0 Å². The second-order valence-electron chi connectivity index (χ2n) is 5.49. The summed E-state index contributed by atoms with van der Waals surface area (Å²) in [5.74, 6) is -0.893. The van der Waals surface area contributed by atoms with Gasteiger partial charge in [0, 0.05) is 28.6 Å². The van der Waals surface area contributed by atoms with Gasteiger partial charge in [-0.1, -0.05) is 18.2 Å². The monoisotopic (exact) mass is 289 g/mol. The lowest BCUT2D eigenvalue weighted by molar-refractivity contribution is -0.147. The van der Waals surface area contributed by atoms with Gasteiger partial charge in [0.1, 0.15) is 0 Å². The highest BCUT2D eigenvalue weighted by Crippen LogP contribution is 2.33. The molecule has 1 aliphatic heterocycles. The normalized spacial score (nSPS) is 22.4. The van der Waals surface area contributed by atoms with Crippen molar-refractivity contribution in [1.29, 1.82) is 0 Å². The Bertz CT molecular complexity index is 693. The number of fused-ring (bicyclic) bond motifs is 1. The first-order valence-electron chi connectivity index (χ1n) is 6.50. The Balaban J connectivity index is 1.89. The number of rotatable bonds is 2. The zero-order valence-corrected chi connectivity index (χ0v) is 11.9. The molecule has 0 unspecified atom stereocenters. The highest BCUT2D eigenvalue weighted by Gasteiger charge is 2.42. The van der Waals surface area contributed by atoms with Gasteiger partial charge in [0.05, 0.1) is 11.0 Å². The zero-order valence-electron chi connectivity index (χ0n) is 11.1. The van der Waals surface area contributed by atoms with Crippen molar-refractivity contribution in [3.8, 4) is 0 Å². The number of nitrogens with zero attached hydrogens (tertiary/aromatic N) is 1. The van der Waals surface area contributed by atoms with E-state index in [9.17, 15) is 14.7 Å². The van der Waals surface area contributed by atoms with Gasteiger partial charge < -0.3 is 10.0 Å². The highest BCUT2D eigenvalue weighted by atomic mass is 32.1. The number of carboxylic acids is 1. The second-order valence-corrected chi connectivity index (χ2v) is 6.40. The van der Waals surface area contributed by atoms with Crippen LogP contribution in [0.4, 0.5) is 0 Å². The molecule has 0 bridgehead atoms. The van der Waals surface area contributed by atoms with Crippen LogP contribution in [0.3, 0.4) is 0 Å². The molecule has 2 aromatic rings. The summed E-state index contributed by atoms with van der Waals surface area (Å²) in [5.41, 5.74) is -0.137. The van der Waals surface area contributed by atoms with E-state index >= 15 is 0 Å². The van der Waals surface area contributed by atoms with Crippen molar-refractivity contribution < 1.29 is 14.7 Å². The fourth-order valence-electron chi connectivity index (χ4n) is 2.62. The van der Waals surface area contributed by atoms with Crippen LogP contribution in [0.5, 0.6) is 0 Å². The van der Waals surface area contributed by atoms with E-state index in [0.717, 1.165) is 10.1 Å². The molecule has 4 nitrogen and oxygen atoms in total. The van der Waals surface area contributed by atoms with Crippen LogP contribution in [0.25, 0.3) is 10.1 Å². The first-order chi connectivity index (χ1) is 9.51. The second kappa shape index (κ2) is 4.59. The van der Waals surface area contributed by atoms with Gasteiger partial charge in [-0.3, -0.25) is 9.59 Å². The summed E-state index contributed by atoms with van der Waals surface area (Å²) in [5, 5.41) is 12.1. The maximum Gasteiger partial charge on any atom is 0.311 e. The molecule has 5 heteroatoms. The van der Waals surface area contributed by atoms with Crippen LogP contribution in [0.15, 0.2) is 29.6 Å². The number of carbonyl (C=O) groups is 2. The Morgan fingerprint density at radius 3 is 2.80 bits per heavy atom. The minimum atomic E-state index is -0.831. The third-order valence-electron chi connectivity index (χ3n) is 3.99. The summed E-state index contributed by atoms with van der Waals surface area (Å²) < 4.78 is 1.08. The van der Waals surface area contributed by atoms with Gasteiger partial charge in [0.25, 0.3) is 5.91 Å². The number of aliphatic carboxylic acids is 1. The Hall–Kier alpha value is -1.88. The van der Waals surface area contributed by atoms with Gasteiger partial charge >= 0.3 is 5.97 Å². The molecule has 20 heavy (non-hydrogen) atoms. The zero-order chi connectivity index (χ0) is 14.3. The summed E-state index contributed by atoms with van der Waals surface area (Å²) >= 11 is 1.54. The van der Waals surface area contributed by atoms with E-state index in [0.29, 0.717) is 18.5 Å². The maximum atomic E-state index is 12.6. The third-order valence-corrected chi connectivity index (χ3v) is 4.95. The number of hydrogen-bond acceptors (Lipinski definition) is 3. The van der Waals surface area contributed by atoms with Gasteiger partial charge in [-0.05, 0) is 19.4 Å². The fraction of sp³-hybridized carbons (Fsp3) is 0.333. The van der Waals surface area contributed by atoms with Crippen molar-refractivity contribution in [1.82, 2.24) is 4.90 Å². The minimum absolute atomic E-state index is 0.0626. The standard InChI is InChI=1S/C15H15NO3S/c1-15(14(18)19)6-7-16(9-15)13(17)11-8-20-12-5-3-2-4-10(11)12/h2-5,8H,6-7,9H2,1H3,(H,18,19)/t15-/m0/s1. The van der Waals surface area contributed by atoms with Gasteiger partial charge in [-0.2, -0.15) is 0 Å². The van der Waals surface area contributed by atoms with E-state index in [4.69, 9.17) is 0 Å². The lowest BCUT2D eigenvalue weighted by Crippen LogP contribution is -2.34. The number of benzene rings is 1. The van der Waals surface area contributed by atoms with E-state index in [1.54, 1.807) is 23.2 Å². The van der Waals surface area contributed by atoms with Gasteiger partial charge in [-0.15, -0.1) is 11.3 Å². The molecule has 0 aliphatic carbocycles. The number of hydrogen-bond donors (Lipinski definition) is 1. The summed E-state index contributed by atoms with van der Waals surface area (Å²) in [7, 11) is 0. The molecule has 1 aliphatic rings. The van der Waals surface area contributed by atoms with Crippen molar-refractivity contribution in [2.75, 3.05) is 13.1 Å². The highest BCUT2D eigenvalue weighted by molar-refractivity contribution is 7.17. The summed E-state index contributed by atoms with van der Waals surface area (Å²) in [6.45, 7) is 2.49. The first-order valence-corrected chi connectivity index (χ1v) is 7.38. The number of amides is 1. The average Bonchev–Trinajstić information content (AvgIpc) is 3.03. The molecule has 1 saturated heterocycles. The van der Waals surface area contributed by atoms with Crippen LogP contribution in [-0.4, -0.2) is 35.0 Å². The molecule has 1 aromatic heterocycles. The van der Waals surface area contributed by atoms with E-state index in [1.807, 2.05) is 29.6 Å². The summed E-state index contributed by atoms with van der Waals surface area (Å²) in [6.07, 6.45) is 0.510. The predicted molar refractivity (Wildman–Crippen MR) is 78.1 cm³/mol. The number of likely N-dealkylation sites (tertiary alicyclic amines) is 1. The van der Waals surface area contributed by atoms with Crippen LogP contribution in [0.1, 0.15) is 23.7 Å². The van der Waals surface area contributed by atoms with Crippen molar-refractivity contribution in [2.45, 2.75) is 13.3 Å². The fourth-order valence-corrected chi connectivity index (χ4v) is 3.56. The number of thiophene rings is 1. The maximum absolute atomic E-state index is 12.6.